The number of amides is 1. The monoisotopic (exact) mass is 490 g/mol. The number of pyridine rings is 2. The summed E-state index contributed by atoms with van der Waals surface area (Å²) in [6, 6.07) is 10.7. The van der Waals surface area contributed by atoms with Crippen molar-refractivity contribution in [2.24, 2.45) is 0 Å². The lowest BCUT2D eigenvalue weighted by Gasteiger charge is -2.22. The van der Waals surface area contributed by atoms with E-state index < -0.39 is 28.5 Å². The minimum atomic E-state index is -0.594. The highest BCUT2D eigenvalue weighted by atomic mass is 19.1. The second-order valence-corrected chi connectivity index (χ2v) is 10.6. The third-order valence-corrected chi connectivity index (χ3v) is 6.40. The van der Waals surface area contributed by atoms with Crippen LogP contribution in [-0.4, -0.2) is 27.3 Å². The van der Waals surface area contributed by atoms with Crippen molar-refractivity contribution in [3.8, 4) is 17.3 Å². The van der Waals surface area contributed by atoms with E-state index in [0.29, 0.717) is 36.0 Å². The minimum Gasteiger partial charge on any atom is -0.444 e. The van der Waals surface area contributed by atoms with E-state index >= 15 is 4.39 Å². The maximum Gasteiger partial charge on any atom is 0.407 e. The number of benzene rings is 1. The number of ether oxygens (including phenoxy) is 1. The Morgan fingerprint density at radius 1 is 1.31 bits per heavy atom. The molecule has 1 amide bonds. The molecule has 1 fully saturated rings. The number of hydrogen-bond donors (Lipinski definition) is 1. The van der Waals surface area contributed by atoms with Gasteiger partial charge in [0.15, 0.2) is 0 Å². The molecule has 1 atom stereocenters. The van der Waals surface area contributed by atoms with Gasteiger partial charge in [0.1, 0.15) is 11.4 Å². The third kappa shape index (κ3) is 5.56. The molecule has 7 nitrogen and oxygen atoms in total. The smallest absolute Gasteiger partial charge is 0.407 e. The van der Waals surface area contributed by atoms with Gasteiger partial charge in [0, 0.05) is 30.5 Å². The predicted molar refractivity (Wildman–Crippen MR) is 136 cm³/mol. The summed E-state index contributed by atoms with van der Waals surface area (Å²) in [5.74, 6) is -0.594. The average Bonchev–Trinajstić information content (AvgIpc) is 3.60. The summed E-state index contributed by atoms with van der Waals surface area (Å²) in [5, 5.41) is 12.7. The van der Waals surface area contributed by atoms with Crippen LogP contribution in [0.15, 0.2) is 47.5 Å². The van der Waals surface area contributed by atoms with Gasteiger partial charge in [0.2, 0.25) is 0 Å². The van der Waals surface area contributed by atoms with Gasteiger partial charge in [0.05, 0.1) is 22.6 Å². The van der Waals surface area contributed by atoms with Gasteiger partial charge >= 0.3 is 6.09 Å². The van der Waals surface area contributed by atoms with Crippen molar-refractivity contribution in [3.63, 3.8) is 0 Å². The Morgan fingerprint density at radius 2 is 2.06 bits per heavy atom. The molecule has 4 rings (SSSR count). The van der Waals surface area contributed by atoms with Crippen molar-refractivity contribution >= 4 is 16.9 Å². The number of hydrogen-bond acceptors (Lipinski definition) is 5. The molecule has 1 aliphatic carbocycles. The molecule has 188 valence electrons. The summed E-state index contributed by atoms with van der Waals surface area (Å²) in [4.78, 5) is 29.3. The molecule has 36 heavy (non-hydrogen) atoms. The number of halogens is 1. The van der Waals surface area contributed by atoms with Gasteiger partial charge in [-0.2, -0.15) is 5.26 Å². The Morgan fingerprint density at radius 3 is 2.67 bits per heavy atom. The lowest BCUT2D eigenvalue weighted by atomic mass is 9.98. The average molecular weight is 491 g/mol. The third-order valence-electron chi connectivity index (χ3n) is 6.40. The molecular weight excluding hydrogens is 459 g/mol. The maximum absolute atomic E-state index is 15.1. The van der Waals surface area contributed by atoms with Gasteiger partial charge in [-0.25, -0.2) is 9.18 Å². The van der Waals surface area contributed by atoms with Crippen molar-refractivity contribution in [2.45, 2.75) is 77.0 Å². The maximum atomic E-state index is 15.1. The molecule has 1 aliphatic rings. The molecule has 3 aromatic rings. The zero-order valence-electron chi connectivity index (χ0n) is 21.1. The number of nitrogens with zero attached hydrogens (tertiary/aromatic N) is 3. The molecule has 0 aliphatic heterocycles. The van der Waals surface area contributed by atoms with Gasteiger partial charge in [-0.3, -0.25) is 9.78 Å². The molecule has 2 aromatic heterocycles. The Hall–Kier alpha value is -3.73. The van der Waals surface area contributed by atoms with Crippen LogP contribution in [0.2, 0.25) is 0 Å². The number of nitriles is 1. The Labute approximate surface area is 209 Å². The van der Waals surface area contributed by atoms with Crippen LogP contribution >= 0.6 is 0 Å². The van der Waals surface area contributed by atoms with E-state index in [1.54, 1.807) is 51.4 Å². The molecule has 0 radical (unpaired) electrons. The van der Waals surface area contributed by atoms with Crippen LogP contribution in [0.25, 0.3) is 22.0 Å². The molecule has 8 heteroatoms. The molecule has 2 heterocycles. The molecule has 0 unspecified atom stereocenters. The van der Waals surface area contributed by atoms with Gasteiger partial charge in [0.25, 0.3) is 5.56 Å². The molecule has 0 bridgehead atoms. The van der Waals surface area contributed by atoms with E-state index in [1.165, 1.54) is 10.6 Å². The summed E-state index contributed by atoms with van der Waals surface area (Å²) in [6.45, 7) is 7.69. The number of aromatic nitrogens is 2. The molecule has 0 spiro atoms. The zero-order valence-corrected chi connectivity index (χ0v) is 21.1. The highest BCUT2D eigenvalue weighted by molar-refractivity contribution is 5.86. The van der Waals surface area contributed by atoms with Crippen LogP contribution in [-0.2, 0) is 16.7 Å². The lowest BCUT2D eigenvalue weighted by molar-refractivity contribution is 0.0505. The first-order valence-electron chi connectivity index (χ1n) is 12.2. The fourth-order valence-electron chi connectivity index (χ4n) is 4.28. The van der Waals surface area contributed by atoms with Gasteiger partial charge in [-0.1, -0.05) is 6.07 Å². The van der Waals surface area contributed by atoms with Crippen molar-refractivity contribution in [3.05, 3.63) is 64.5 Å². The van der Waals surface area contributed by atoms with E-state index in [9.17, 15) is 14.9 Å². The second-order valence-electron chi connectivity index (χ2n) is 10.6. The number of carbonyl (C=O) groups excluding carboxylic acids is 1. The van der Waals surface area contributed by atoms with E-state index in [0.717, 1.165) is 18.4 Å². The van der Waals surface area contributed by atoms with Gasteiger partial charge < -0.3 is 14.6 Å². The molecular formula is C28H31FN4O3. The standard InChI is InChI=1S/C28H31FN4O3/c1-18(32-26(35)36-27(2,3)4)6-5-12-33-13-9-19-14-20(15-22(29)24(19)25(33)34)23-8-7-21(16-31-23)28(17-30)10-11-28/h7-9,13-16,18H,5-6,10-12H2,1-4H3,(H,32,35)/t18-/m0/s1. The minimum absolute atomic E-state index is 0.0409. The van der Waals surface area contributed by atoms with Crippen LogP contribution in [0.4, 0.5) is 9.18 Å². The van der Waals surface area contributed by atoms with Crippen molar-refractivity contribution in [1.29, 1.82) is 5.26 Å². The molecule has 0 saturated heterocycles. The highest BCUT2D eigenvalue weighted by Crippen LogP contribution is 2.47. The largest absolute Gasteiger partial charge is 0.444 e. The molecule has 1 aromatic carbocycles. The van der Waals surface area contributed by atoms with Crippen molar-refractivity contribution in [2.75, 3.05) is 0 Å². The molecule has 1 N–H and O–H groups in total. The number of fused-ring (bicyclic) bond motifs is 1. The number of aryl methyl sites for hydroxylation is 1. The summed E-state index contributed by atoms with van der Waals surface area (Å²) in [5.41, 5.74) is 0.666. The number of alkyl carbamates (subject to hydrolysis) is 1. The first-order valence-corrected chi connectivity index (χ1v) is 12.2. The van der Waals surface area contributed by atoms with Crippen LogP contribution in [0.3, 0.4) is 0 Å². The van der Waals surface area contributed by atoms with Crippen LogP contribution in [0, 0.1) is 17.1 Å². The Kier molecular flexibility index (Phi) is 6.85. The predicted octanol–water partition coefficient (Wildman–Crippen LogP) is 5.45. The van der Waals surface area contributed by atoms with Crippen LogP contribution < -0.4 is 10.9 Å². The fourth-order valence-corrected chi connectivity index (χ4v) is 4.28. The van der Waals surface area contributed by atoms with E-state index in [-0.39, 0.29) is 11.4 Å². The topological polar surface area (TPSA) is 97.0 Å². The quantitative estimate of drug-likeness (QED) is 0.475. The summed E-state index contributed by atoms with van der Waals surface area (Å²) in [7, 11) is 0. The normalized spacial score (nSPS) is 15.2. The number of carbonyl (C=O) groups is 1. The number of nitrogens with one attached hydrogen (secondary N) is 1. The van der Waals surface area contributed by atoms with Crippen molar-refractivity contribution < 1.29 is 13.9 Å². The first kappa shape index (κ1) is 25.4. The fraction of sp³-hybridized carbons (Fsp3) is 0.429. The first-order chi connectivity index (χ1) is 17.0. The van der Waals surface area contributed by atoms with Gasteiger partial charge in [-0.05, 0) is 88.6 Å². The zero-order chi connectivity index (χ0) is 26.1. The highest BCUT2D eigenvalue weighted by Gasteiger charge is 2.45. The summed E-state index contributed by atoms with van der Waals surface area (Å²) >= 11 is 0. The number of rotatable bonds is 7. The Balaban J connectivity index is 1.45. The van der Waals surface area contributed by atoms with E-state index in [2.05, 4.69) is 16.4 Å². The summed E-state index contributed by atoms with van der Waals surface area (Å²) in [6.07, 6.45) is 5.81. The van der Waals surface area contributed by atoms with Crippen LogP contribution in [0.1, 0.15) is 58.9 Å². The van der Waals surface area contributed by atoms with Crippen LogP contribution in [0.5, 0.6) is 0 Å². The Bertz CT molecular complexity index is 1380. The van der Waals surface area contributed by atoms with Gasteiger partial charge in [-0.15, -0.1) is 0 Å². The lowest BCUT2D eigenvalue weighted by Crippen LogP contribution is -2.37. The summed E-state index contributed by atoms with van der Waals surface area (Å²) < 4.78 is 21.8. The second kappa shape index (κ2) is 9.73. The van der Waals surface area contributed by atoms with Crippen molar-refractivity contribution in [1.82, 2.24) is 14.9 Å². The van der Waals surface area contributed by atoms with E-state index in [1.807, 2.05) is 13.0 Å². The SMILES string of the molecule is C[C@@H](CCCn1ccc2cc(-c3ccc(C4(C#N)CC4)cn3)cc(F)c2c1=O)NC(=O)OC(C)(C)C. The van der Waals surface area contributed by atoms with E-state index in [4.69, 9.17) is 4.74 Å². The molecule has 1 saturated carbocycles.